The smallest absolute Gasteiger partial charge is 0.262 e. The van der Waals surface area contributed by atoms with Crippen molar-refractivity contribution in [3.05, 3.63) is 70.0 Å². The van der Waals surface area contributed by atoms with E-state index < -0.39 is 18.3 Å². The van der Waals surface area contributed by atoms with E-state index in [0.29, 0.717) is 5.56 Å². The molecule has 3 aliphatic rings. The molecule has 1 heterocycles. The van der Waals surface area contributed by atoms with Gasteiger partial charge in [0.25, 0.3) is 17.7 Å². The van der Waals surface area contributed by atoms with Gasteiger partial charge in [0.05, 0.1) is 28.1 Å². The van der Waals surface area contributed by atoms with Gasteiger partial charge in [-0.05, 0) is 54.2 Å². The van der Waals surface area contributed by atoms with Crippen LogP contribution in [-0.2, 0) is 14.4 Å². The molecule has 0 aromatic heterocycles. The number of imide groups is 1. The molecule has 0 spiro atoms. The minimum atomic E-state index is -0.525. The normalized spacial score (nSPS) is 24.9. The lowest BCUT2D eigenvalue weighted by Gasteiger charge is -2.13. The highest BCUT2D eigenvalue weighted by atomic mass is 35.5. The highest BCUT2D eigenvalue weighted by molar-refractivity contribution is 6.37. The number of halogens is 3. The van der Waals surface area contributed by atoms with Crippen molar-refractivity contribution in [2.24, 2.45) is 28.8 Å². The molecule has 3 amide bonds. The number of hydrazone groups is 1. The van der Waals surface area contributed by atoms with E-state index in [4.69, 9.17) is 27.9 Å². The van der Waals surface area contributed by atoms with Crippen molar-refractivity contribution in [2.75, 3.05) is 11.9 Å². The molecular weight excluding hydrogens is 484 g/mol. The predicted octanol–water partition coefficient (Wildman–Crippen LogP) is 4.29. The number of fused-ring (bicyclic) bond motifs is 5. The van der Waals surface area contributed by atoms with E-state index in [1.54, 1.807) is 6.07 Å². The van der Waals surface area contributed by atoms with Crippen molar-refractivity contribution in [3.63, 3.8) is 0 Å². The number of benzene rings is 2. The fourth-order valence-electron chi connectivity index (χ4n) is 4.82. The van der Waals surface area contributed by atoms with E-state index in [0.717, 1.165) is 11.4 Å². The van der Waals surface area contributed by atoms with Crippen LogP contribution >= 0.6 is 23.2 Å². The molecule has 1 aliphatic heterocycles. The fourth-order valence-corrected chi connectivity index (χ4v) is 5.43. The second kappa shape index (κ2) is 8.85. The highest BCUT2D eigenvalue weighted by Crippen LogP contribution is 2.52. The topological polar surface area (TPSA) is 88.1 Å². The molecule has 2 aliphatic carbocycles. The van der Waals surface area contributed by atoms with Crippen molar-refractivity contribution in [2.45, 2.75) is 6.42 Å². The first-order valence-corrected chi connectivity index (χ1v) is 11.3. The molecule has 0 radical (unpaired) electrons. The van der Waals surface area contributed by atoms with Gasteiger partial charge in [-0.3, -0.25) is 14.4 Å². The van der Waals surface area contributed by atoms with E-state index in [-0.39, 0.29) is 57.0 Å². The molecule has 4 atom stereocenters. The molecule has 2 aromatic rings. The third-order valence-electron chi connectivity index (χ3n) is 6.25. The number of hydrogen-bond acceptors (Lipinski definition) is 5. The molecule has 0 unspecified atom stereocenters. The first kappa shape index (κ1) is 22.6. The molecule has 1 saturated heterocycles. The van der Waals surface area contributed by atoms with Gasteiger partial charge >= 0.3 is 0 Å². The number of hydrogen-bond donors (Lipinski definition) is 1. The molecule has 1 N–H and O–H groups in total. The zero-order chi connectivity index (χ0) is 24.0. The van der Waals surface area contributed by atoms with Crippen molar-refractivity contribution >= 4 is 52.8 Å². The van der Waals surface area contributed by atoms with Crippen molar-refractivity contribution < 1.29 is 23.5 Å². The molecule has 5 rings (SSSR count). The molecule has 10 heteroatoms. The summed E-state index contributed by atoms with van der Waals surface area (Å²) in [6, 6.07) is 8.44. The Morgan fingerprint density at radius 2 is 1.76 bits per heavy atom. The van der Waals surface area contributed by atoms with Gasteiger partial charge in [0.2, 0.25) is 0 Å². The second-order valence-electron chi connectivity index (χ2n) is 8.39. The van der Waals surface area contributed by atoms with Gasteiger partial charge in [-0.1, -0.05) is 41.4 Å². The third kappa shape index (κ3) is 4.08. The Kier molecular flexibility index (Phi) is 5.87. The summed E-state index contributed by atoms with van der Waals surface area (Å²) in [5, 5.41) is 7.78. The van der Waals surface area contributed by atoms with Crippen LogP contribution in [-0.4, -0.2) is 35.6 Å². The monoisotopic (exact) mass is 501 g/mol. The van der Waals surface area contributed by atoms with Gasteiger partial charge < -0.3 is 10.1 Å². The maximum atomic E-state index is 13.2. The number of nitrogens with zero attached hydrogens (tertiary/aromatic N) is 2. The van der Waals surface area contributed by atoms with Gasteiger partial charge in [-0.25, -0.2) is 4.39 Å². The molecule has 2 fully saturated rings. The Morgan fingerprint density at radius 3 is 2.38 bits per heavy atom. The Bertz CT molecular complexity index is 1210. The Hall–Kier alpha value is -3.23. The van der Waals surface area contributed by atoms with Crippen molar-refractivity contribution in [1.82, 2.24) is 5.01 Å². The van der Waals surface area contributed by atoms with E-state index in [9.17, 15) is 18.8 Å². The minimum absolute atomic E-state index is 0.0837. The molecule has 2 bridgehead atoms. The summed E-state index contributed by atoms with van der Waals surface area (Å²) < 4.78 is 18.7. The molecular formula is C24H18Cl2FN3O4. The van der Waals surface area contributed by atoms with Crippen LogP contribution in [0.5, 0.6) is 5.75 Å². The maximum absolute atomic E-state index is 13.2. The Labute approximate surface area is 204 Å². The number of rotatable bonds is 6. The summed E-state index contributed by atoms with van der Waals surface area (Å²) in [6.45, 7) is -0.403. The van der Waals surface area contributed by atoms with Gasteiger partial charge in [0.1, 0.15) is 5.82 Å². The second-order valence-corrected chi connectivity index (χ2v) is 9.21. The number of carbonyl (C=O) groups is 3. The average Bonchev–Trinajstić information content (AvgIpc) is 3.46. The quantitative estimate of drug-likeness (QED) is 0.363. The molecule has 34 heavy (non-hydrogen) atoms. The van der Waals surface area contributed by atoms with Crippen LogP contribution in [0.15, 0.2) is 53.7 Å². The third-order valence-corrected chi connectivity index (χ3v) is 6.81. The first-order valence-electron chi connectivity index (χ1n) is 10.6. The lowest BCUT2D eigenvalue weighted by molar-refractivity contribution is -0.140. The van der Waals surface area contributed by atoms with Gasteiger partial charge in [-0.2, -0.15) is 10.1 Å². The maximum Gasteiger partial charge on any atom is 0.262 e. The average molecular weight is 502 g/mol. The summed E-state index contributed by atoms with van der Waals surface area (Å²) in [6.07, 6.45) is 6.21. The lowest BCUT2D eigenvalue weighted by atomic mass is 9.85. The van der Waals surface area contributed by atoms with E-state index in [1.807, 2.05) is 12.2 Å². The van der Waals surface area contributed by atoms with Crippen LogP contribution in [0.2, 0.25) is 10.0 Å². The largest absolute Gasteiger partial charge is 0.481 e. The summed E-state index contributed by atoms with van der Waals surface area (Å²) in [5.74, 6) is -1.96. The standard InChI is InChI=1S/C24H18Cl2FN3O4/c25-17-6-12(10-28-30-23(32)20-13-4-5-14(8-13)21(20)24(30)33)7-18(26)22(17)34-11-19(31)29-16-3-1-2-15(27)9-16/h1-7,9-10,13-14,20-21H,8,11H2,(H,29,31)/t13-,14-,20-,21+/m0/s1. The summed E-state index contributed by atoms with van der Waals surface area (Å²) in [4.78, 5) is 37.5. The van der Waals surface area contributed by atoms with Crippen LogP contribution in [0.1, 0.15) is 12.0 Å². The number of anilines is 1. The number of nitrogens with one attached hydrogen (secondary N) is 1. The molecule has 174 valence electrons. The van der Waals surface area contributed by atoms with Crippen LogP contribution in [0.3, 0.4) is 0 Å². The van der Waals surface area contributed by atoms with Gasteiger partial charge in [0, 0.05) is 5.69 Å². The summed E-state index contributed by atoms with van der Waals surface area (Å²) >= 11 is 12.5. The SMILES string of the molecule is O=C(COc1c(Cl)cc(C=NN2C(=O)[C@@H]3[C@H](C2=O)[C@H]2C=C[C@H]3C2)cc1Cl)Nc1cccc(F)c1. The zero-order valence-electron chi connectivity index (χ0n) is 17.6. The first-order chi connectivity index (χ1) is 16.3. The number of amides is 3. The van der Waals surface area contributed by atoms with Crippen LogP contribution in [0, 0.1) is 29.5 Å². The molecule has 7 nitrogen and oxygen atoms in total. The molecule has 2 aromatic carbocycles. The zero-order valence-corrected chi connectivity index (χ0v) is 19.1. The summed E-state index contributed by atoms with van der Waals surface area (Å²) in [7, 11) is 0. The van der Waals surface area contributed by atoms with Crippen molar-refractivity contribution in [3.8, 4) is 5.75 Å². The van der Waals surface area contributed by atoms with Crippen molar-refractivity contribution in [1.29, 1.82) is 0 Å². The molecule has 1 saturated carbocycles. The Balaban J connectivity index is 1.24. The van der Waals surface area contributed by atoms with E-state index in [2.05, 4.69) is 10.4 Å². The van der Waals surface area contributed by atoms with E-state index in [1.165, 1.54) is 36.5 Å². The predicted molar refractivity (Wildman–Crippen MR) is 124 cm³/mol. The minimum Gasteiger partial charge on any atom is -0.481 e. The Morgan fingerprint density at radius 1 is 1.12 bits per heavy atom. The lowest BCUT2D eigenvalue weighted by Crippen LogP contribution is -2.28. The van der Waals surface area contributed by atoms with Crippen LogP contribution in [0.25, 0.3) is 0 Å². The van der Waals surface area contributed by atoms with Crippen LogP contribution < -0.4 is 10.1 Å². The van der Waals surface area contributed by atoms with Gasteiger partial charge in [-0.15, -0.1) is 0 Å². The van der Waals surface area contributed by atoms with Crippen LogP contribution in [0.4, 0.5) is 10.1 Å². The summed E-state index contributed by atoms with van der Waals surface area (Å²) in [5.41, 5.74) is 0.738. The van der Waals surface area contributed by atoms with E-state index >= 15 is 0 Å². The number of ether oxygens (including phenoxy) is 1. The number of carbonyl (C=O) groups excluding carboxylic acids is 3. The van der Waals surface area contributed by atoms with Gasteiger partial charge in [0.15, 0.2) is 12.4 Å². The number of allylic oxidation sites excluding steroid dienone is 2. The highest BCUT2D eigenvalue weighted by Gasteiger charge is 2.59. The fraction of sp³-hybridized carbons (Fsp3) is 0.250.